The molecule has 0 aliphatic carbocycles. The van der Waals surface area contributed by atoms with E-state index in [1.165, 1.54) is 74.5 Å². The molecule has 1 aromatic rings. The predicted molar refractivity (Wildman–Crippen MR) is 130 cm³/mol. The summed E-state index contributed by atoms with van der Waals surface area (Å²) < 4.78 is 0. The number of hydrogen-bond donors (Lipinski definition) is 0. The maximum atomic E-state index is 8.48. The van der Waals surface area contributed by atoms with Crippen LogP contribution < -0.4 is 0 Å². The Labute approximate surface area is 182 Å². The lowest BCUT2D eigenvalue weighted by Gasteiger charge is -2.19. The molecule has 0 N–H and O–H groups in total. The third-order valence-electron chi connectivity index (χ3n) is 6.03. The van der Waals surface area contributed by atoms with Crippen LogP contribution in [0.1, 0.15) is 133 Å². The van der Waals surface area contributed by atoms with Crippen molar-refractivity contribution in [3.05, 3.63) is 40.5 Å². The van der Waals surface area contributed by atoms with Crippen molar-refractivity contribution in [2.45, 2.75) is 125 Å². The first-order valence-corrected chi connectivity index (χ1v) is 12.4. The second-order valence-electron chi connectivity index (χ2n) is 8.19. The van der Waals surface area contributed by atoms with Crippen LogP contribution in [0.25, 0.3) is 5.57 Å². The van der Waals surface area contributed by atoms with Crippen LogP contribution in [0.15, 0.2) is 6.07 Å². The topological polar surface area (TPSA) is 0 Å². The van der Waals surface area contributed by atoms with Crippen molar-refractivity contribution in [2.75, 3.05) is 0 Å². The van der Waals surface area contributed by atoms with Gasteiger partial charge in [-0.05, 0) is 72.6 Å². The van der Waals surface area contributed by atoms with Crippen LogP contribution in [-0.4, -0.2) is 0 Å². The van der Waals surface area contributed by atoms with Crippen LogP contribution >= 0.6 is 0 Å². The molecule has 0 unspecified atom stereocenters. The third-order valence-corrected chi connectivity index (χ3v) is 6.03. The van der Waals surface area contributed by atoms with Crippen molar-refractivity contribution >= 4 is 5.57 Å². The molecule has 0 aliphatic rings. The zero-order valence-electron chi connectivity index (χ0n) is 20.0. The van der Waals surface area contributed by atoms with Crippen molar-refractivity contribution in [3.8, 4) is 11.8 Å². The van der Waals surface area contributed by atoms with Gasteiger partial charge in [0, 0.05) is 12.0 Å². The zero-order valence-corrected chi connectivity index (χ0v) is 20.0. The fraction of sp³-hybridized carbons (Fsp3) is 0.655. The summed E-state index contributed by atoms with van der Waals surface area (Å²) in [5.41, 5.74) is 7.21. The highest BCUT2D eigenvalue weighted by atomic mass is 14.2. The Morgan fingerprint density at radius 3 is 1.86 bits per heavy atom. The molecule has 0 bridgehead atoms. The van der Waals surface area contributed by atoms with Gasteiger partial charge in [-0.25, -0.2) is 0 Å². The number of benzene rings is 1. The van der Waals surface area contributed by atoms with Gasteiger partial charge < -0.3 is 0 Å². The molecule has 0 saturated heterocycles. The standard InChI is InChI=1S/C29H44/c1-7-12-13-14-15-16-17-18-19-20-21-22-28-27(11-5)26(10-4)25(9-3)23-29(28)24(6)8-2/h23H,7-20H2,1-5H3. The van der Waals surface area contributed by atoms with Gasteiger partial charge in [0.2, 0.25) is 0 Å². The Kier molecular flexibility index (Phi) is 13.5. The van der Waals surface area contributed by atoms with E-state index in [9.17, 15) is 0 Å². The van der Waals surface area contributed by atoms with Crippen molar-refractivity contribution in [2.24, 2.45) is 0 Å². The maximum Gasteiger partial charge on any atom is 0.0355 e. The Morgan fingerprint density at radius 1 is 0.759 bits per heavy atom. The zero-order chi connectivity index (χ0) is 21.5. The highest BCUT2D eigenvalue weighted by Gasteiger charge is 2.15. The van der Waals surface area contributed by atoms with Crippen LogP contribution in [-0.2, 0) is 19.3 Å². The molecule has 0 spiro atoms. The van der Waals surface area contributed by atoms with Crippen LogP contribution in [0, 0.1) is 18.4 Å². The smallest absolute Gasteiger partial charge is 0.0355 e. The summed E-state index contributed by atoms with van der Waals surface area (Å²) in [6, 6.07) is 2.26. The van der Waals surface area contributed by atoms with Crippen molar-refractivity contribution in [1.82, 2.24) is 0 Å². The Morgan fingerprint density at radius 2 is 1.34 bits per heavy atom. The average Bonchev–Trinajstić information content (AvgIpc) is 2.75. The van der Waals surface area contributed by atoms with E-state index in [1.807, 2.05) is 0 Å². The quantitative estimate of drug-likeness (QED) is 0.219. The lowest BCUT2D eigenvalue weighted by atomic mass is 9.85. The number of allylic oxidation sites excluding steroid dienone is 1. The van der Waals surface area contributed by atoms with Gasteiger partial charge in [-0.15, -0.1) is 0 Å². The van der Waals surface area contributed by atoms with E-state index in [1.54, 1.807) is 0 Å². The van der Waals surface area contributed by atoms with Crippen LogP contribution in [0.3, 0.4) is 0 Å². The number of aryl methyl sites for hydroxylation is 1. The minimum absolute atomic E-state index is 0.726. The summed E-state index contributed by atoms with van der Waals surface area (Å²) in [6.07, 6.45) is 17.0. The molecule has 0 atom stereocenters. The first kappa shape index (κ1) is 25.6. The SMILES string of the molecule is [C]=C(CC)c1cc(CC)c(CC)c(CC)c1C#CCCCCCCCCCCC. The first-order valence-electron chi connectivity index (χ1n) is 12.4. The van der Waals surface area contributed by atoms with Gasteiger partial charge in [-0.1, -0.05) is 97.8 Å². The predicted octanol–water partition coefficient (Wildman–Crippen LogP) is 8.75. The molecule has 0 fully saturated rings. The summed E-state index contributed by atoms with van der Waals surface area (Å²) in [6.45, 7) is 19.5. The second-order valence-corrected chi connectivity index (χ2v) is 8.19. The summed E-state index contributed by atoms with van der Waals surface area (Å²) in [7, 11) is 0. The average molecular weight is 393 g/mol. The van der Waals surface area contributed by atoms with Crippen LogP contribution in [0.2, 0.25) is 0 Å². The van der Waals surface area contributed by atoms with Gasteiger partial charge in [0.15, 0.2) is 0 Å². The summed E-state index contributed by atoms with van der Waals surface area (Å²) in [4.78, 5) is 0. The molecule has 29 heavy (non-hydrogen) atoms. The van der Waals surface area contributed by atoms with Gasteiger partial charge in [0.05, 0.1) is 0 Å². The van der Waals surface area contributed by atoms with E-state index in [-0.39, 0.29) is 0 Å². The van der Waals surface area contributed by atoms with Gasteiger partial charge in [-0.3, -0.25) is 0 Å². The molecular weight excluding hydrogens is 348 g/mol. The Balaban J connectivity index is 2.74. The van der Waals surface area contributed by atoms with E-state index in [4.69, 9.17) is 6.58 Å². The molecular formula is C29H44. The highest BCUT2D eigenvalue weighted by molar-refractivity contribution is 5.72. The molecule has 1 rings (SSSR count). The van der Waals surface area contributed by atoms with Crippen LogP contribution in [0.5, 0.6) is 0 Å². The number of unbranched alkanes of at least 4 members (excludes halogenated alkanes) is 9. The lowest BCUT2D eigenvalue weighted by Crippen LogP contribution is -2.05. The first-order chi connectivity index (χ1) is 14.1. The molecule has 0 heterocycles. The fourth-order valence-electron chi connectivity index (χ4n) is 4.23. The van der Waals surface area contributed by atoms with Gasteiger partial charge in [0.25, 0.3) is 0 Å². The second kappa shape index (κ2) is 15.4. The summed E-state index contributed by atoms with van der Waals surface area (Å²) >= 11 is 0. The molecule has 0 saturated carbocycles. The van der Waals surface area contributed by atoms with E-state index >= 15 is 0 Å². The molecule has 0 aromatic heterocycles. The minimum Gasteiger partial charge on any atom is -0.0979 e. The van der Waals surface area contributed by atoms with Crippen molar-refractivity contribution < 1.29 is 0 Å². The molecule has 0 aliphatic heterocycles. The van der Waals surface area contributed by atoms with E-state index in [0.29, 0.717) is 0 Å². The van der Waals surface area contributed by atoms with E-state index in [0.717, 1.165) is 48.8 Å². The Hall–Kier alpha value is -1.48. The number of hydrogen-bond acceptors (Lipinski definition) is 0. The Bertz CT molecular complexity index is 666. The van der Waals surface area contributed by atoms with E-state index in [2.05, 4.69) is 52.5 Å². The molecule has 0 nitrogen and oxygen atoms in total. The maximum absolute atomic E-state index is 8.48. The monoisotopic (exact) mass is 392 g/mol. The third kappa shape index (κ3) is 8.42. The molecule has 0 amide bonds. The normalized spacial score (nSPS) is 10.7. The molecule has 2 radical (unpaired) electrons. The molecule has 1 aromatic carbocycles. The summed E-state index contributed by atoms with van der Waals surface area (Å²) in [5.74, 6) is 6.97. The van der Waals surface area contributed by atoms with Gasteiger partial charge >= 0.3 is 0 Å². The minimum atomic E-state index is 0.726. The largest absolute Gasteiger partial charge is 0.0979 e. The van der Waals surface area contributed by atoms with Crippen molar-refractivity contribution in [3.63, 3.8) is 0 Å². The summed E-state index contributed by atoms with van der Waals surface area (Å²) in [5, 5.41) is 0. The van der Waals surface area contributed by atoms with E-state index < -0.39 is 0 Å². The highest BCUT2D eigenvalue weighted by Crippen LogP contribution is 2.30. The van der Waals surface area contributed by atoms with Crippen LogP contribution in [0.4, 0.5) is 0 Å². The van der Waals surface area contributed by atoms with Gasteiger partial charge in [-0.2, -0.15) is 0 Å². The lowest BCUT2D eigenvalue weighted by molar-refractivity contribution is 0.567. The molecule has 0 heteroatoms. The van der Waals surface area contributed by atoms with Crippen molar-refractivity contribution in [1.29, 1.82) is 0 Å². The fourth-order valence-corrected chi connectivity index (χ4v) is 4.23. The number of rotatable bonds is 14. The van der Waals surface area contributed by atoms with Gasteiger partial charge in [0.1, 0.15) is 0 Å². The molecule has 160 valence electrons.